The molecule has 3 aromatic rings. The monoisotopic (exact) mass is 340 g/mol. The average Bonchev–Trinajstić information content (AvgIpc) is 3.24. The number of benzene rings is 1. The van der Waals surface area contributed by atoms with Gasteiger partial charge in [0.15, 0.2) is 11.6 Å². The van der Waals surface area contributed by atoms with E-state index in [-0.39, 0.29) is 5.91 Å². The molecule has 0 fully saturated rings. The number of nitrogens with one attached hydrogen (secondary N) is 1. The normalized spacial score (nSPS) is 12.5. The van der Waals surface area contributed by atoms with Crippen molar-refractivity contribution in [3.63, 3.8) is 0 Å². The highest BCUT2D eigenvalue weighted by Gasteiger charge is 2.21. The van der Waals surface area contributed by atoms with Gasteiger partial charge in [0, 0.05) is 24.9 Å². The first-order valence-electron chi connectivity index (χ1n) is 7.45. The molecule has 7 heteroatoms. The number of rotatable bonds is 3. The van der Waals surface area contributed by atoms with Crippen molar-refractivity contribution in [2.45, 2.75) is 6.42 Å². The van der Waals surface area contributed by atoms with Gasteiger partial charge >= 0.3 is 0 Å². The molecule has 0 saturated heterocycles. The fraction of sp³-hybridized carbons (Fsp3) is 0.118. The van der Waals surface area contributed by atoms with Gasteiger partial charge in [0.1, 0.15) is 5.75 Å². The maximum Gasteiger partial charge on any atom is 0.260 e. The smallest absolute Gasteiger partial charge is 0.260 e. The minimum atomic E-state index is -0.258. The van der Waals surface area contributed by atoms with Crippen LogP contribution in [0.15, 0.2) is 48.8 Å². The summed E-state index contributed by atoms with van der Waals surface area (Å²) in [5, 5.41) is 7.55. The van der Waals surface area contributed by atoms with Crippen LogP contribution >= 0.6 is 11.6 Å². The van der Waals surface area contributed by atoms with E-state index < -0.39 is 0 Å². The third kappa shape index (κ3) is 2.61. The first kappa shape index (κ1) is 14.7. The van der Waals surface area contributed by atoms with Crippen molar-refractivity contribution in [1.82, 2.24) is 14.8 Å². The third-order valence-electron chi connectivity index (χ3n) is 3.75. The van der Waals surface area contributed by atoms with Crippen LogP contribution in [0.25, 0.3) is 5.82 Å². The molecule has 24 heavy (non-hydrogen) atoms. The van der Waals surface area contributed by atoms with Gasteiger partial charge in [0.05, 0.1) is 17.2 Å². The number of fused-ring (bicyclic) bond motifs is 1. The molecule has 120 valence electrons. The van der Waals surface area contributed by atoms with E-state index in [0.717, 1.165) is 12.0 Å². The van der Waals surface area contributed by atoms with E-state index in [9.17, 15) is 4.79 Å². The quantitative estimate of drug-likeness (QED) is 0.795. The van der Waals surface area contributed by atoms with Crippen molar-refractivity contribution >= 4 is 23.3 Å². The van der Waals surface area contributed by atoms with Crippen LogP contribution in [0.2, 0.25) is 5.02 Å². The van der Waals surface area contributed by atoms with Crippen LogP contribution in [0.4, 0.5) is 5.82 Å². The molecule has 1 aromatic carbocycles. The summed E-state index contributed by atoms with van der Waals surface area (Å²) in [4.78, 5) is 16.7. The second-order valence-electron chi connectivity index (χ2n) is 5.30. The lowest BCUT2D eigenvalue weighted by Gasteiger charge is -2.07. The number of carbonyl (C=O) groups is 1. The minimum absolute atomic E-state index is 0.258. The number of para-hydroxylation sites is 1. The van der Waals surface area contributed by atoms with E-state index >= 15 is 0 Å². The summed E-state index contributed by atoms with van der Waals surface area (Å²) < 4.78 is 7.08. The molecule has 0 bridgehead atoms. The number of aromatic nitrogens is 3. The van der Waals surface area contributed by atoms with Crippen LogP contribution in [-0.4, -0.2) is 27.3 Å². The van der Waals surface area contributed by atoms with Crippen molar-refractivity contribution in [3.05, 3.63) is 64.9 Å². The summed E-state index contributed by atoms with van der Waals surface area (Å²) in [7, 11) is 0. The van der Waals surface area contributed by atoms with E-state index in [4.69, 9.17) is 16.3 Å². The highest BCUT2D eigenvalue weighted by molar-refractivity contribution is 6.32. The van der Waals surface area contributed by atoms with Crippen LogP contribution < -0.4 is 10.1 Å². The molecule has 3 heterocycles. The van der Waals surface area contributed by atoms with Gasteiger partial charge in [-0.15, -0.1) is 5.10 Å². The molecule has 1 amide bonds. The van der Waals surface area contributed by atoms with Crippen LogP contribution in [-0.2, 0) is 6.42 Å². The largest absolute Gasteiger partial charge is 0.492 e. The van der Waals surface area contributed by atoms with Gasteiger partial charge < -0.3 is 10.1 Å². The lowest BCUT2D eigenvalue weighted by Crippen LogP contribution is -2.14. The molecule has 0 radical (unpaired) electrons. The fourth-order valence-electron chi connectivity index (χ4n) is 2.63. The molecule has 6 nitrogen and oxygen atoms in total. The number of hydrogen-bond acceptors (Lipinski definition) is 4. The Labute approximate surface area is 143 Å². The summed E-state index contributed by atoms with van der Waals surface area (Å²) in [6.07, 6.45) is 4.14. The zero-order valence-corrected chi connectivity index (χ0v) is 13.3. The zero-order valence-electron chi connectivity index (χ0n) is 12.6. The number of hydrogen-bond donors (Lipinski definition) is 1. The van der Waals surface area contributed by atoms with Gasteiger partial charge in [-0.05, 0) is 23.8 Å². The standard InChI is InChI=1S/C17H13ClN4O2/c18-13-5-2-8-19-16(13)22-9-6-14(21-22)20-17(23)12-4-1-3-11-7-10-24-15(11)12/h1-6,8-9H,7,10H2,(H,20,21,23). The van der Waals surface area contributed by atoms with Gasteiger partial charge in [-0.25, -0.2) is 9.67 Å². The molecule has 0 aliphatic carbocycles. The van der Waals surface area contributed by atoms with E-state index in [1.165, 1.54) is 4.68 Å². The number of amides is 1. The summed E-state index contributed by atoms with van der Waals surface area (Å²) in [5.41, 5.74) is 1.56. The van der Waals surface area contributed by atoms with Crippen molar-refractivity contribution < 1.29 is 9.53 Å². The van der Waals surface area contributed by atoms with E-state index in [2.05, 4.69) is 15.4 Å². The molecule has 1 aliphatic rings. The van der Waals surface area contributed by atoms with Gasteiger partial charge in [-0.3, -0.25) is 4.79 Å². The Morgan fingerprint density at radius 2 is 2.17 bits per heavy atom. The van der Waals surface area contributed by atoms with Gasteiger partial charge in [0.2, 0.25) is 0 Å². The second-order valence-corrected chi connectivity index (χ2v) is 5.71. The minimum Gasteiger partial charge on any atom is -0.492 e. The Hall–Kier alpha value is -2.86. The first-order valence-corrected chi connectivity index (χ1v) is 7.83. The molecule has 2 aromatic heterocycles. The van der Waals surface area contributed by atoms with E-state index in [1.54, 1.807) is 36.7 Å². The Morgan fingerprint density at radius 3 is 3.04 bits per heavy atom. The molecule has 0 atom stereocenters. The molecule has 0 unspecified atom stereocenters. The number of halogens is 1. The third-order valence-corrected chi connectivity index (χ3v) is 4.04. The number of anilines is 1. The van der Waals surface area contributed by atoms with Gasteiger partial charge in [-0.1, -0.05) is 23.7 Å². The van der Waals surface area contributed by atoms with Crippen molar-refractivity contribution in [3.8, 4) is 11.6 Å². The number of nitrogens with zero attached hydrogens (tertiary/aromatic N) is 3. The van der Waals surface area contributed by atoms with Crippen molar-refractivity contribution in [2.75, 3.05) is 11.9 Å². The maximum atomic E-state index is 12.5. The van der Waals surface area contributed by atoms with Crippen molar-refractivity contribution in [2.24, 2.45) is 0 Å². The van der Waals surface area contributed by atoms with Gasteiger partial charge in [0.25, 0.3) is 5.91 Å². The highest BCUT2D eigenvalue weighted by atomic mass is 35.5. The lowest BCUT2D eigenvalue weighted by molar-refractivity contribution is 0.102. The molecule has 0 spiro atoms. The summed E-state index contributed by atoms with van der Waals surface area (Å²) in [6.45, 7) is 0.604. The first-order chi connectivity index (χ1) is 11.7. The number of pyridine rings is 1. The Kier molecular flexibility index (Phi) is 3.66. The molecule has 1 N–H and O–H groups in total. The summed E-state index contributed by atoms with van der Waals surface area (Å²) >= 11 is 6.11. The van der Waals surface area contributed by atoms with Crippen LogP contribution in [0, 0.1) is 0 Å². The lowest BCUT2D eigenvalue weighted by atomic mass is 10.1. The Morgan fingerprint density at radius 1 is 1.25 bits per heavy atom. The van der Waals surface area contributed by atoms with Crippen LogP contribution in [0.1, 0.15) is 15.9 Å². The van der Waals surface area contributed by atoms with Crippen LogP contribution in [0.5, 0.6) is 5.75 Å². The summed E-state index contributed by atoms with van der Waals surface area (Å²) in [6, 6.07) is 10.7. The molecule has 1 aliphatic heterocycles. The predicted molar refractivity (Wildman–Crippen MR) is 90.0 cm³/mol. The van der Waals surface area contributed by atoms with Crippen molar-refractivity contribution in [1.29, 1.82) is 0 Å². The number of carbonyl (C=O) groups excluding carboxylic acids is 1. The summed E-state index contributed by atoms with van der Waals surface area (Å²) in [5.74, 6) is 1.31. The van der Waals surface area contributed by atoms with E-state index in [1.807, 2.05) is 12.1 Å². The Balaban J connectivity index is 1.58. The topological polar surface area (TPSA) is 69.0 Å². The molecule has 4 rings (SSSR count). The van der Waals surface area contributed by atoms with Gasteiger partial charge in [-0.2, -0.15) is 0 Å². The second kappa shape index (κ2) is 5.98. The Bertz CT molecular complexity index is 922. The number of ether oxygens (including phenoxy) is 1. The molecular weight excluding hydrogens is 328 g/mol. The zero-order chi connectivity index (χ0) is 16.5. The van der Waals surface area contributed by atoms with E-state index in [0.29, 0.717) is 34.6 Å². The predicted octanol–water partition coefficient (Wildman–Crippen LogP) is 3.11. The van der Waals surface area contributed by atoms with Crippen LogP contribution in [0.3, 0.4) is 0 Å². The molecule has 0 saturated carbocycles. The average molecular weight is 341 g/mol. The SMILES string of the molecule is O=C(Nc1ccn(-c2ncccc2Cl)n1)c1cccc2c1OCC2. The maximum absolute atomic E-state index is 12.5. The highest BCUT2D eigenvalue weighted by Crippen LogP contribution is 2.29. The molecular formula is C17H13ClN4O2. The fourth-order valence-corrected chi connectivity index (χ4v) is 2.84.